The number of ether oxygens (including phenoxy) is 1. The second-order valence-corrected chi connectivity index (χ2v) is 8.16. The lowest BCUT2D eigenvalue weighted by Gasteiger charge is -2.06. The van der Waals surface area contributed by atoms with Crippen LogP contribution in [0.4, 0.5) is 5.13 Å². The van der Waals surface area contributed by atoms with E-state index in [0.29, 0.717) is 11.7 Å². The molecule has 0 bridgehead atoms. The fourth-order valence-corrected chi connectivity index (χ4v) is 3.89. The van der Waals surface area contributed by atoms with Gasteiger partial charge in [0.1, 0.15) is 12.4 Å². The van der Waals surface area contributed by atoms with Crippen LogP contribution < -0.4 is 10.1 Å². The molecule has 0 spiro atoms. The number of thiazole rings is 1. The number of hydrogen-bond acceptors (Lipinski definition) is 4. The number of carbonyl (C=O) groups excluding carboxylic acids is 1. The van der Waals surface area contributed by atoms with Gasteiger partial charge in [0.05, 0.1) is 5.69 Å². The van der Waals surface area contributed by atoms with Crippen LogP contribution in [0.3, 0.4) is 0 Å². The molecule has 4 aromatic rings. The van der Waals surface area contributed by atoms with Crippen LogP contribution in [0.25, 0.3) is 17.3 Å². The number of rotatable bonds is 7. The zero-order chi connectivity index (χ0) is 21.5. The summed E-state index contributed by atoms with van der Waals surface area (Å²) in [5.74, 6) is 0.579. The lowest BCUT2D eigenvalue weighted by atomic mass is 10.1. The van der Waals surface area contributed by atoms with Gasteiger partial charge >= 0.3 is 0 Å². The number of aromatic nitrogens is 1. The van der Waals surface area contributed by atoms with Gasteiger partial charge in [0.15, 0.2) is 5.13 Å². The molecule has 0 saturated carbocycles. The first-order chi connectivity index (χ1) is 15.2. The highest BCUT2D eigenvalue weighted by molar-refractivity contribution is 7.16. The highest BCUT2D eigenvalue weighted by Gasteiger charge is 2.10. The molecule has 4 nitrogen and oxygen atoms in total. The van der Waals surface area contributed by atoms with Gasteiger partial charge in [0.25, 0.3) is 0 Å². The fraction of sp³-hybridized carbons (Fsp3) is 0.0769. The number of aryl methyl sites for hydroxylation is 1. The number of anilines is 1. The monoisotopic (exact) mass is 426 g/mol. The van der Waals surface area contributed by atoms with Gasteiger partial charge in [-0.1, -0.05) is 72.8 Å². The average molecular weight is 427 g/mol. The molecule has 0 saturated heterocycles. The molecule has 0 fully saturated rings. The second-order valence-electron chi connectivity index (χ2n) is 6.96. The average Bonchev–Trinajstić information content (AvgIpc) is 3.18. The minimum Gasteiger partial charge on any atom is -0.489 e. The van der Waals surface area contributed by atoms with Crippen LogP contribution in [-0.2, 0) is 11.4 Å². The van der Waals surface area contributed by atoms with Crippen LogP contribution >= 0.6 is 11.3 Å². The molecule has 5 heteroatoms. The van der Waals surface area contributed by atoms with Gasteiger partial charge in [-0.2, -0.15) is 0 Å². The summed E-state index contributed by atoms with van der Waals surface area (Å²) in [5, 5.41) is 3.44. The van der Waals surface area contributed by atoms with Crippen molar-refractivity contribution in [3.8, 4) is 17.0 Å². The molecular formula is C26H22N2O2S. The minimum absolute atomic E-state index is 0.210. The van der Waals surface area contributed by atoms with Crippen molar-refractivity contribution in [2.24, 2.45) is 0 Å². The number of hydrogen-bond donors (Lipinski definition) is 1. The first kappa shape index (κ1) is 20.6. The van der Waals surface area contributed by atoms with Crippen LogP contribution in [0, 0.1) is 6.92 Å². The third kappa shape index (κ3) is 5.68. The van der Waals surface area contributed by atoms with Crippen LogP contribution in [0.15, 0.2) is 91.0 Å². The SMILES string of the molecule is Cc1sc(NC(=O)/C=C/c2ccc(OCc3ccccc3)cc2)nc1-c1ccccc1. The highest BCUT2D eigenvalue weighted by atomic mass is 32.1. The Bertz CT molecular complexity index is 1170. The molecule has 0 unspecified atom stereocenters. The molecule has 1 aromatic heterocycles. The number of amides is 1. The van der Waals surface area contributed by atoms with E-state index in [9.17, 15) is 4.79 Å². The Morgan fingerprint density at radius 2 is 1.65 bits per heavy atom. The van der Waals surface area contributed by atoms with E-state index in [0.717, 1.165) is 33.0 Å². The maximum atomic E-state index is 12.3. The summed E-state index contributed by atoms with van der Waals surface area (Å²) in [6.45, 7) is 2.53. The number of nitrogens with one attached hydrogen (secondary N) is 1. The second kappa shape index (κ2) is 9.87. The van der Waals surface area contributed by atoms with Crippen LogP contribution in [0.1, 0.15) is 16.0 Å². The van der Waals surface area contributed by atoms with Gasteiger partial charge in [-0.05, 0) is 36.3 Å². The van der Waals surface area contributed by atoms with Gasteiger partial charge < -0.3 is 4.74 Å². The third-order valence-corrected chi connectivity index (χ3v) is 5.52. The predicted octanol–water partition coefficient (Wildman–Crippen LogP) is 6.35. The Labute approximate surface area is 185 Å². The van der Waals surface area contributed by atoms with Gasteiger partial charge in [0, 0.05) is 16.5 Å². The summed E-state index contributed by atoms with van der Waals surface area (Å²) in [6, 6.07) is 27.6. The van der Waals surface area contributed by atoms with Crippen molar-refractivity contribution >= 4 is 28.5 Å². The van der Waals surface area contributed by atoms with E-state index in [4.69, 9.17) is 4.74 Å². The molecule has 31 heavy (non-hydrogen) atoms. The summed E-state index contributed by atoms with van der Waals surface area (Å²) < 4.78 is 5.79. The quantitative estimate of drug-likeness (QED) is 0.350. The van der Waals surface area contributed by atoms with Gasteiger partial charge in [0.2, 0.25) is 5.91 Å². The zero-order valence-electron chi connectivity index (χ0n) is 17.1. The van der Waals surface area contributed by atoms with Gasteiger partial charge in [-0.3, -0.25) is 10.1 Å². The van der Waals surface area contributed by atoms with E-state index in [1.54, 1.807) is 6.08 Å². The predicted molar refractivity (Wildman–Crippen MR) is 127 cm³/mol. The van der Waals surface area contributed by atoms with Gasteiger partial charge in [-0.25, -0.2) is 4.98 Å². The summed E-state index contributed by atoms with van der Waals surface area (Å²) >= 11 is 1.47. The van der Waals surface area contributed by atoms with Crippen molar-refractivity contribution < 1.29 is 9.53 Å². The van der Waals surface area contributed by atoms with E-state index >= 15 is 0 Å². The molecule has 0 aliphatic heterocycles. The molecule has 1 N–H and O–H groups in total. The molecule has 4 rings (SSSR count). The molecule has 1 amide bonds. The van der Waals surface area contributed by atoms with Crippen molar-refractivity contribution in [1.29, 1.82) is 0 Å². The Morgan fingerprint density at radius 1 is 0.968 bits per heavy atom. The number of nitrogens with zero attached hydrogens (tertiary/aromatic N) is 1. The van der Waals surface area contributed by atoms with E-state index in [1.807, 2.05) is 91.9 Å². The Balaban J connectivity index is 1.33. The number of benzene rings is 3. The van der Waals surface area contributed by atoms with E-state index < -0.39 is 0 Å². The first-order valence-electron chi connectivity index (χ1n) is 9.96. The Kier molecular flexibility index (Phi) is 6.55. The molecule has 0 atom stereocenters. The van der Waals surface area contributed by atoms with Crippen molar-refractivity contribution in [2.75, 3.05) is 5.32 Å². The van der Waals surface area contributed by atoms with E-state index in [1.165, 1.54) is 17.4 Å². The lowest BCUT2D eigenvalue weighted by molar-refractivity contribution is -0.111. The van der Waals surface area contributed by atoms with E-state index in [2.05, 4.69) is 10.3 Å². The van der Waals surface area contributed by atoms with Crippen molar-refractivity contribution in [2.45, 2.75) is 13.5 Å². The smallest absolute Gasteiger partial charge is 0.250 e. The normalized spacial score (nSPS) is 10.9. The van der Waals surface area contributed by atoms with Crippen LogP contribution in [0.5, 0.6) is 5.75 Å². The van der Waals surface area contributed by atoms with Crippen molar-refractivity contribution in [3.05, 3.63) is 107 Å². The molecule has 3 aromatic carbocycles. The summed E-state index contributed by atoms with van der Waals surface area (Å²) in [5.41, 5.74) is 3.98. The molecule has 1 heterocycles. The fourth-order valence-electron chi connectivity index (χ4n) is 3.05. The summed E-state index contributed by atoms with van der Waals surface area (Å²) in [7, 11) is 0. The number of carbonyl (C=O) groups is 1. The molecule has 0 aliphatic rings. The third-order valence-electron chi connectivity index (χ3n) is 4.63. The topological polar surface area (TPSA) is 51.2 Å². The Hall–Kier alpha value is -3.70. The maximum Gasteiger partial charge on any atom is 0.250 e. The lowest BCUT2D eigenvalue weighted by Crippen LogP contribution is -2.07. The maximum absolute atomic E-state index is 12.3. The molecular weight excluding hydrogens is 404 g/mol. The standard InChI is InChI=1S/C26H22N2O2S/c1-19-25(22-10-6-3-7-11-22)28-26(31-19)27-24(29)17-14-20-12-15-23(16-13-20)30-18-21-8-4-2-5-9-21/h2-17H,18H2,1H3,(H,27,28,29)/b17-14+. The zero-order valence-corrected chi connectivity index (χ0v) is 17.9. The first-order valence-corrected chi connectivity index (χ1v) is 10.8. The largest absolute Gasteiger partial charge is 0.489 e. The minimum atomic E-state index is -0.210. The highest BCUT2D eigenvalue weighted by Crippen LogP contribution is 2.30. The van der Waals surface area contributed by atoms with Gasteiger partial charge in [-0.15, -0.1) is 11.3 Å². The molecule has 0 radical (unpaired) electrons. The van der Waals surface area contributed by atoms with Crippen molar-refractivity contribution in [1.82, 2.24) is 4.98 Å². The molecule has 154 valence electrons. The Morgan fingerprint density at radius 3 is 2.35 bits per heavy atom. The summed E-state index contributed by atoms with van der Waals surface area (Å²) in [4.78, 5) is 17.9. The summed E-state index contributed by atoms with van der Waals surface area (Å²) in [6.07, 6.45) is 3.29. The molecule has 0 aliphatic carbocycles. The van der Waals surface area contributed by atoms with Crippen LogP contribution in [-0.4, -0.2) is 10.9 Å². The van der Waals surface area contributed by atoms with Crippen LogP contribution in [0.2, 0.25) is 0 Å². The van der Waals surface area contributed by atoms with E-state index in [-0.39, 0.29) is 5.91 Å². The van der Waals surface area contributed by atoms with Crippen molar-refractivity contribution in [3.63, 3.8) is 0 Å².